The molecule has 5 heteroatoms. The van der Waals surface area contributed by atoms with E-state index in [4.69, 9.17) is 0 Å². The van der Waals surface area contributed by atoms with Crippen molar-refractivity contribution in [3.8, 4) is 0 Å². The van der Waals surface area contributed by atoms with Crippen molar-refractivity contribution in [2.75, 3.05) is 13.2 Å². The Balaban J connectivity index is 1.69. The molecule has 0 aliphatic heterocycles. The predicted molar refractivity (Wildman–Crippen MR) is 81.5 cm³/mol. The lowest BCUT2D eigenvalue weighted by Crippen LogP contribution is -2.45. The third-order valence-corrected chi connectivity index (χ3v) is 4.44. The Morgan fingerprint density at radius 1 is 1.40 bits per heavy atom. The third kappa shape index (κ3) is 2.53. The average molecular weight is 336 g/mol. The number of hydrogen-bond donors (Lipinski definition) is 2. The SMILES string of the molecule is OCC1(NCCn2cc(Br)cn2)CCc2ccccc21. The van der Waals surface area contributed by atoms with Crippen molar-refractivity contribution in [1.29, 1.82) is 0 Å². The maximum atomic E-state index is 9.87. The van der Waals surface area contributed by atoms with Gasteiger partial charge in [-0.2, -0.15) is 5.10 Å². The van der Waals surface area contributed by atoms with E-state index in [1.807, 2.05) is 16.9 Å². The highest BCUT2D eigenvalue weighted by Gasteiger charge is 2.37. The highest BCUT2D eigenvalue weighted by atomic mass is 79.9. The number of hydrogen-bond acceptors (Lipinski definition) is 3. The first-order valence-corrected chi connectivity index (χ1v) is 7.65. The molecule has 1 atom stereocenters. The fourth-order valence-corrected chi connectivity index (χ4v) is 3.29. The number of aromatic nitrogens is 2. The van der Waals surface area contributed by atoms with Gasteiger partial charge in [-0.25, -0.2) is 0 Å². The molecule has 0 bridgehead atoms. The molecule has 1 aliphatic rings. The first-order valence-electron chi connectivity index (χ1n) is 6.86. The third-order valence-electron chi connectivity index (χ3n) is 4.03. The van der Waals surface area contributed by atoms with E-state index in [0.29, 0.717) is 0 Å². The second-order valence-electron chi connectivity index (χ2n) is 5.25. The van der Waals surface area contributed by atoms with E-state index in [0.717, 1.165) is 30.4 Å². The first kappa shape index (κ1) is 13.8. The molecule has 106 valence electrons. The zero-order valence-electron chi connectivity index (χ0n) is 11.2. The summed E-state index contributed by atoms with van der Waals surface area (Å²) >= 11 is 3.39. The number of nitrogens with one attached hydrogen (secondary N) is 1. The maximum Gasteiger partial charge on any atom is 0.0675 e. The van der Waals surface area contributed by atoms with Gasteiger partial charge in [0, 0.05) is 12.7 Å². The van der Waals surface area contributed by atoms with Gasteiger partial charge in [0.2, 0.25) is 0 Å². The molecule has 2 aromatic rings. The van der Waals surface area contributed by atoms with E-state index < -0.39 is 0 Å². The molecule has 4 nitrogen and oxygen atoms in total. The molecule has 1 aromatic carbocycles. The summed E-state index contributed by atoms with van der Waals surface area (Å²) < 4.78 is 2.88. The lowest BCUT2D eigenvalue weighted by atomic mass is 9.92. The van der Waals surface area contributed by atoms with Crippen LogP contribution in [0, 0.1) is 0 Å². The van der Waals surface area contributed by atoms with Crippen molar-refractivity contribution in [3.63, 3.8) is 0 Å². The lowest BCUT2D eigenvalue weighted by molar-refractivity contribution is 0.159. The van der Waals surface area contributed by atoms with E-state index in [-0.39, 0.29) is 12.1 Å². The standard InChI is InChI=1S/C15H18BrN3O/c16-13-9-18-19(10-13)8-7-17-15(11-20)6-5-12-3-1-2-4-14(12)15/h1-4,9-10,17,20H,5-8,11H2. The van der Waals surface area contributed by atoms with Gasteiger partial charge in [-0.3, -0.25) is 4.68 Å². The van der Waals surface area contributed by atoms with Crippen LogP contribution in [0.5, 0.6) is 0 Å². The minimum absolute atomic E-state index is 0.132. The molecule has 20 heavy (non-hydrogen) atoms. The van der Waals surface area contributed by atoms with Gasteiger partial charge in [0.25, 0.3) is 0 Å². The fraction of sp³-hybridized carbons (Fsp3) is 0.400. The molecule has 0 amide bonds. The molecule has 0 radical (unpaired) electrons. The molecular formula is C15H18BrN3O. The summed E-state index contributed by atoms with van der Waals surface area (Å²) in [6.07, 6.45) is 5.71. The molecule has 3 rings (SSSR count). The van der Waals surface area contributed by atoms with Crippen molar-refractivity contribution >= 4 is 15.9 Å². The van der Waals surface area contributed by atoms with Crippen LogP contribution in [0.2, 0.25) is 0 Å². The number of rotatable bonds is 5. The van der Waals surface area contributed by atoms with Crippen LogP contribution >= 0.6 is 15.9 Å². The molecule has 0 spiro atoms. The summed E-state index contributed by atoms with van der Waals surface area (Å²) in [7, 11) is 0. The highest BCUT2D eigenvalue weighted by molar-refractivity contribution is 9.10. The molecule has 0 saturated carbocycles. The molecule has 0 fully saturated rings. The van der Waals surface area contributed by atoms with Crippen LogP contribution in [0.25, 0.3) is 0 Å². The monoisotopic (exact) mass is 335 g/mol. The van der Waals surface area contributed by atoms with E-state index in [9.17, 15) is 5.11 Å². The van der Waals surface area contributed by atoms with Gasteiger partial charge in [-0.1, -0.05) is 24.3 Å². The minimum Gasteiger partial charge on any atom is -0.394 e. The average Bonchev–Trinajstić information content (AvgIpc) is 3.04. The van der Waals surface area contributed by atoms with Gasteiger partial charge in [-0.05, 0) is 39.9 Å². The zero-order chi connectivity index (χ0) is 14.0. The molecule has 1 unspecified atom stereocenters. The van der Waals surface area contributed by atoms with E-state index in [2.05, 4.69) is 44.5 Å². The van der Waals surface area contributed by atoms with Crippen LogP contribution in [0.3, 0.4) is 0 Å². The minimum atomic E-state index is -0.291. The van der Waals surface area contributed by atoms with Crippen molar-refractivity contribution in [3.05, 3.63) is 52.3 Å². The normalized spacial score (nSPS) is 21.1. The Kier molecular flexibility index (Phi) is 3.92. The van der Waals surface area contributed by atoms with Crippen molar-refractivity contribution < 1.29 is 5.11 Å². The van der Waals surface area contributed by atoms with Gasteiger partial charge in [0.15, 0.2) is 0 Å². The van der Waals surface area contributed by atoms with Crippen LogP contribution < -0.4 is 5.32 Å². The van der Waals surface area contributed by atoms with Crippen LogP contribution in [-0.4, -0.2) is 28.0 Å². The Morgan fingerprint density at radius 2 is 2.25 bits per heavy atom. The molecule has 1 heterocycles. The molecule has 2 N–H and O–H groups in total. The van der Waals surface area contributed by atoms with E-state index in [1.165, 1.54) is 11.1 Å². The topological polar surface area (TPSA) is 50.1 Å². The molecule has 0 saturated heterocycles. The van der Waals surface area contributed by atoms with Gasteiger partial charge in [0.1, 0.15) is 0 Å². The molecular weight excluding hydrogens is 318 g/mol. The van der Waals surface area contributed by atoms with Crippen molar-refractivity contribution in [2.24, 2.45) is 0 Å². The van der Waals surface area contributed by atoms with Crippen molar-refractivity contribution in [2.45, 2.75) is 24.9 Å². The Morgan fingerprint density at radius 3 is 3.00 bits per heavy atom. The van der Waals surface area contributed by atoms with E-state index in [1.54, 1.807) is 6.20 Å². The predicted octanol–water partition coefficient (Wildman–Crippen LogP) is 2.07. The molecule has 1 aliphatic carbocycles. The number of aliphatic hydroxyl groups is 1. The van der Waals surface area contributed by atoms with Gasteiger partial charge >= 0.3 is 0 Å². The Hall–Kier alpha value is -1.17. The smallest absolute Gasteiger partial charge is 0.0675 e. The lowest BCUT2D eigenvalue weighted by Gasteiger charge is -2.30. The quantitative estimate of drug-likeness (QED) is 0.879. The summed E-state index contributed by atoms with van der Waals surface area (Å²) in [5.74, 6) is 0. The molecule has 1 aromatic heterocycles. The largest absolute Gasteiger partial charge is 0.394 e. The Bertz CT molecular complexity index is 598. The summed E-state index contributed by atoms with van der Waals surface area (Å²) in [4.78, 5) is 0. The van der Waals surface area contributed by atoms with Gasteiger partial charge in [0.05, 0.1) is 29.4 Å². The Labute approximate surface area is 126 Å². The highest BCUT2D eigenvalue weighted by Crippen LogP contribution is 2.36. The number of nitrogens with zero attached hydrogens (tertiary/aromatic N) is 2. The number of benzene rings is 1. The summed E-state index contributed by atoms with van der Waals surface area (Å²) in [6.45, 7) is 1.70. The van der Waals surface area contributed by atoms with Crippen LogP contribution in [-0.2, 0) is 18.5 Å². The first-order chi connectivity index (χ1) is 9.73. The number of halogens is 1. The number of aliphatic hydroxyl groups excluding tert-OH is 1. The maximum absolute atomic E-state index is 9.87. The van der Waals surface area contributed by atoms with E-state index >= 15 is 0 Å². The number of aryl methyl sites for hydroxylation is 1. The summed E-state index contributed by atoms with van der Waals surface area (Å²) in [6, 6.07) is 8.38. The fourth-order valence-electron chi connectivity index (χ4n) is 2.96. The second kappa shape index (κ2) is 5.68. The second-order valence-corrected chi connectivity index (χ2v) is 6.16. The zero-order valence-corrected chi connectivity index (χ0v) is 12.8. The van der Waals surface area contributed by atoms with Crippen LogP contribution in [0.4, 0.5) is 0 Å². The van der Waals surface area contributed by atoms with Crippen LogP contribution in [0.15, 0.2) is 41.1 Å². The van der Waals surface area contributed by atoms with Gasteiger partial charge in [-0.15, -0.1) is 0 Å². The van der Waals surface area contributed by atoms with Crippen LogP contribution in [0.1, 0.15) is 17.5 Å². The van der Waals surface area contributed by atoms with Gasteiger partial charge < -0.3 is 10.4 Å². The summed E-state index contributed by atoms with van der Waals surface area (Å²) in [5.41, 5.74) is 2.29. The summed E-state index contributed by atoms with van der Waals surface area (Å²) in [5, 5.41) is 17.6. The number of fused-ring (bicyclic) bond motifs is 1. The van der Waals surface area contributed by atoms with Crippen molar-refractivity contribution in [1.82, 2.24) is 15.1 Å².